The third kappa shape index (κ3) is 5.39. The number of rotatable bonds is 6. The van der Waals surface area contributed by atoms with Crippen LogP contribution in [0.5, 0.6) is 0 Å². The van der Waals surface area contributed by atoms with Crippen molar-refractivity contribution in [3.05, 3.63) is 141 Å². The Morgan fingerprint density at radius 1 is 0.872 bits per heavy atom. The molecule has 4 aromatic carbocycles. The third-order valence-corrected chi connectivity index (χ3v) is 7.79. The van der Waals surface area contributed by atoms with Crippen LogP contribution in [0.4, 0.5) is 5.69 Å². The monoisotopic (exact) mass is 542 g/mol. The second kappa shape index (κ2) is 11.1. The molecule has 0 bridgehead atoms. The van der Waals surface area contributed by atoms with Gasteiger partial charge in [-0.1, -0.05) is 96.5 Å². The number of halogens is 1. The highest BCUT2D eigenvalue weighted by Gasteiger charge is 2.29. The van der Waals surface area contributed by atoms with Gasteiger partial charge in [-0.25, -0.2) is 4.98 Å². The summed E-state index contributed by atoms with van der Waals surface area (Å²) < 4.78 is 0. The van der Waals surface area contributed by atoms with Crippen molar-refractivity contribution >= 4 is 46.0 Å². The van der Waals surface area contributed by atoms with Crippen molar-refractivity contribution in [2.24, 2.45) is 5.10 Å². The van der Waals surface area contributed by atoms with Crippen LogP contribution in [-0.4, -0.2) is 10.7 Å². The van der Waals surface area contributed by atoms with Gasteiger partial charge in [0, 0.05) is 22.4 Å². The van der Waals surface area contributed by atoms with Crippen LogP contribution < -0.4 is 5.01 Å². The molecule has 4 nitrogen and oxygen atoms in total. The van der Waals surface area contributed by atoms with Crippen LogP contribution in [0, 0.1) is 11.3 Å². The maximum atomic E-state index is 9.89. The molecule has 1 aromatic heterocycles. The first-order valence-electron chi connectivity index (χ1n) is 12.6. The van der Waals surface area contributed by atoms with Crippen molar-refractivity contribution in [2.45, 2.75) is 12.5 Å². The molecule has 2 heterocycles. The lowest BCUT2D eigenvalue weighted by molar-refractivity contribution is 0.709. The highest BCUT2D eigenvalue weighted by molar-refractivity contribution is 7.11. The van der Waals surface area contributed by atoms with E-state index in [4.69, 9.17) is 21.7 Å². The van der Waals surface area contributed by atoms with E-state index in [1.54, 1.807) is 0 Å². The molecule has 39 heavy (non-hydrogen) atoms. The standard InChI is InChI=1S/C33H23ClN4S/c34-28-15-13-25(14-16-28)31-22-39-33(36-31)27(21-35)19-23-11-17-29(18-12-23)38-32(26-9-5-2-6-10-26)20-30(37-38)24-7-3-1-4-8-24/h1-19,22,32H,20H2/b27-19+. The molecule has 0 radical (unpaired) electrons. The molecule has 0 aliphatic carbocycles. The highest BCUT2D eigenvalue weighted by atomic mass is 35.5. The Hall–Kier alpha value is -4.50. The Bertz CT molecular complexity index is 1680. The summed E-state index contributed by atoms with van der Waals surface area (Å²) in [5.41, 5.74) is 7.70. The molecule has 1 atom stereocenters. The average molecular weight is 543 g/mol. The molecule has 6 rings (SSSR count). The van der Waals surface area contributed by atoms with Gasteiger partial charge in [-0.05, 0) is 47.0 Å². The van der Waals surface area contributed by atoms with E-state index in [1.165, 1.54) is 16.9 Å². The van der Waals surface area contributed by atoms with Crippen LogP contribution in [0.3, 0.4) is 0 Å². The van der Waals surface area contributed by atoms with Crippen LogP contribution in [-0.2, 0) is 0 Å². The van der Waals surface area contributed by atoms with Crippen molar-refractivity contribution in [2.75, 3.05) is 5.01 Å². The molecule has 0 saturated heterocycles. The smallest absolute Gasteiger partial charge is 0.134 e. The molecule has 0 amide bonds. The number of benzene rings is 4. The van der Waals surface area contributed by atoms with Gasteiger partial charge in [-0.3, -0.25) is 5.01 Å². The van der Waals surface area contributed by atoms with Crippen molar-refractivity contribution < 1.29 is 0 Å². The van der Waals surface area contributed by atoms with E-state index >= 15 is 0 Å². The Kier molecular flexibility index (Phi) is 7.05. The van der Waals surface area contributed by atoms with Gasteiger partial charge in [0.15, 0.2) is 0 Å². The van der Waals surface area contributed by atoms with Crippen molar-refractivity contribution in [3.8, 4) is 17.3 Å². The SMILES string of the molecule is N#C/C(=C\c1ccc(N2N=C(c3ccccc3)CC2c2ccccc2)cc1)c1nc(-c2ccc(Cl)cc2)cs1. The number of hydrogen-bond acceptors (Lipinski definition) is 5. The molecule has 0 spiro atoms. The van der Waals surface area contributed by atoms with Gasteiger partial charge in [0.2, 0.25) is 0 Å². The van der Waals surface area contributed by atoms with E-state index < -0.39 is 0 Å². The van der Waals surface area contributed by atoms with Gasteiger partial charge < -0.3 is 0 Å². The van der Waals surface area contributed by atoms with Crippen LogP contribution in [0.25, 0.3) is 22.9 Å². The molecule has 1 aliphatic rings. The Morgan fingerprint density at radius 3 is 2.26 bits per heavy atom. The molecule has 1 unspecified atom stereocenters. The van der Waals surface area contributed by atoms with Crippen LogP contribution >= 0.6 is 22.9 Å². The highest BCUT2D eigenvalue weighted by Crippen LogP contribution is 2.37. The molecule has 188 valence electrons. The number of allylic oxidation sites excluding steroid dienone is 1. The average Bonchev–Trinajstić information content (AvgIpc) is 3.66. The summed E-state index contributed by atoms with van der Waals surface area (Å²) in [6.45, 7) is 0. The first kappa shape index (κ1) is 24.8. The van der Waals surface area contributed by atoms with Crippen molar-refractivity contribution in [1.82, 2.24) is 4.98 Å². The number of nitriles is 1. The van der Waals surface area contributed by atoms with E-state index in [9.17, 15) is 5.26 Å². The topological polar surface area (TPSA) is 52.3 Å². The van der Waals surface area contributed by atoms with E-state index in [0.29, 0.717) is 15.6 Å². The number of thiazole rings is 1. The molecule has 0 saturated carbocycles. The minimum absolute atomic E-state index is 0.110. The number of aromatic nitrogens is 1. The molecular formula is C33H23ClN4S. The van der Waals surface area contributed by atoms with Crippen LogP contribution in [0.1, 0.15) is 34.2 Å². The Balaban J connectivity index is 1.28. The fourth-order valence-corrected chi connectivity index (χ4v) is 5.59. The number of anilines is 1. The van der Waals surface area contributed by atoms with Gasteiger partial charge in [-0.2, -0.15) is 10.4 Å². The summed E-state index contributed by atoms with van der Waals surface area (Å²) >= 11 is 7.47. The van der Waals surface area contributed by atoms with Crippen LogP contribution in [0.15, 0.2) is 120 Å². The Labute approximate surface area is 236 Å². The van der Waals surface area contributed by atoms with Crippen molar-refractivity contribution in [3.63, 3.8) is 0 Å². The summed E-state index contributed by atoms with van der Waals surface area (Å²) in [5, 5.41) is 20.4. The molecule has 6 heteroatoms. The summed E-state index contributed by atoms with van der Waals surface area (Å²) in [5.74, 6) is 0. The molecule has 0 fully saturated rings. The minimum atomic E-state index is 0.110. The molecular weight excluding hydrogens is 520 g/mol. The van der Waals surface area contributed by atoms with E-state index in [-0.39, 0.29) is 6.04 Å². The van der Waals surface area contributed by atoms with Gasteiger partial charge in [0.1, 0.15) is 11.1 Å². The van der Waals surface area contributed by atoms with Crippen LogP contribution in [0.2, 0.25) is 5.02 Å². The van der Waals surface area contributed by atoms with Gasteiger partial charge >= 0.3 is 0 Å². The summed E-state index contributed by atoms with van der Waals surface area (Å²) in [4.78, 5) is 4.70. The predicted molar refractivity (Wildman–Crippen MR) is 162 cm³/mol. The van der Waals surface area contributed by atoms with E-state index in [1.807, 2.05) is 72.1 Å². The zero-order valence-electron chi connectivity index (χ0n) is 20.9. The Morgan fingerprint density at radius 2 is 1.56 bits per heavy atom. The van der Waals surface area contributed by atoms with Gasteiger partial charge in [-0.15, -0.1) is 11.3 Å². The lowest BCUT2D eigenvalue weighted by atomic mass is 9.98. The van der Waals surface area contributed by atoms with Crippen molar-refractivity contribution in [1.29, 1.82) is 5.26 Å². The normalized spacial score (nSPS) is 15.2. The number of hydrogen-bond donors (Lipinski definition) is 0. The second-order valence-electron chi connectivity index (χ2n) is 9.19. The summed E-state index contributed by atoms with van der Waals surface area (Å²) in [7, 11) is 0. The lowest BCUT2D eigenvalue weighted by Gasteiger charge is -2.24. The fourth-order valence-electron chi connectivity index (χ4n) is 4.67. The van der Waals surface area contributed by atoms with Gasteiger partial charge in [0.25, 0.3) is 0 Å². The maximum absolute atomic E-state index is 9.89. The zero-order chi connectivity index (χ0) is 26.6. The quantitative estimate of drug-likeness (QED) is 0.201. The molecule has 1 aliphatic heterocycles. The second-order valence-corrected chi connectivity index (χ2v) is 10.5. The summed E-state index contributed by atoms with van der Waals surface area (Å²) in [6, 6.07) is 39.0. The maximum Gasteiger partial charge on any atom is 0.134 e. The lowest BCUT2D eigenvalue weighted by Crippen LogP contribution is -2.18. The largest absolute Gasteiger partial charge is 0.257 e. The molecule has 5 aromatic rings. The predicted octanol–water partition coefficient (Wildman–Crippen LogP) is 8.88. The first-order valence-corrected chi connectivity index (χ1v) is 13.8. The fraction of sp³-hybridized carbons (Fsp3) is 0.0606. The zero-order valence-corrected chi connectivity index (χ0v) is 22.5. The molecule has 0 N–H and O–H groups in total. The minimum Gasteiger partial charge on any atom is -0.257 e. The summed E-state index contributed by atoms with van der Waals surface area (Å²) in [6.07, 6.45) is 2.71. The van der Waals surface area contributed by atoms with E-state index in [0.717, 1.165) is 40.2 Å². The number of hydrazone groups is 1. The third-order valence-electron chi connectivity index (χ3n) is 6.67. The van der Waals surface area contributed by atoms with Gasteiger partial charge in [0.05, 0.1) is 28.7 Å². The first-order chi connectivity index (χ1) is 19.2. The van der Waals surface area contributed by atoms with E-state index in [2.05, 4.69) is 59.6 Å². The number of nitrogens with zero attached hydrogens (tertiary/aromatic N) is 4.